The maximum absolute atomic E-state index is 13.4. The van der Waals surface area contributed by atoms with Crippen molar-refractivity contribution in [3.63, 3.8) is 0 Å². The number of fused-ring (bicyclic) bond motifs is 1. The van der Waals surface area contributed by atoms with Crippen molar-refractivity contribution in [2.45, 2.75) is 18.9 Å². The standard InChI is InChI=1S/C26H26N4O2/c1-30-14-12-18(13-15-30)27-22-9-4-5-10-23(22)29-26(31)20-17-24(25-11-6-16-32-25)28-21-8-3-2-7-19(20)21/h2-11,16-18,27H,12-15H2,1H3,(H,29,31). The number of para-hydroxylation sites is 3. The summed E-state index contributed by atoms with van der Waals surface area (Å²) in [7, 11) is 2.15. The zero-order chi connectivity index (χ0) is 21.9. The number of likely N-dealkylation sites (tertiary alicyclic amines) is 1. The van der Waals surface area contributed by atoms with E-state index in [2.05, 4.69) is 27.6 Å². The number of hydrogen-bond donors (Lipinski definition) is 2. The maximum Gasteiger partial charge on any atom is 0.256 e. The second-order valence-electron chi connectivity index (χ2n) is 8.27. The molecule has 2 aromatic carbocycles. The van der Waals surface area contributed by atoms with Crippen molar-refractivity contribution in [1.82, 2.24) is 9.88 Å². The molecule has 162 valence electrons. The first-order valence-corrected chi connectivity index (χ1v) is 11.0. The summed E-state index contributed by atoms with van der Waals surface area (Å²) in [4.78, 5) is 20.5. The van der Waals surface area contributed by atoms with Gasteiger partial charge in [0.25, 0.3) is 5.91 Å². The van der Waals surface area contributed by atoms with Crippen molar-refractivity contribution in [1.29, 1.82) is 0 Å². The fourth-order valence-electron chi connectivity index (χ4n) is 4.19. The lowest BCUT2D eigenvalue weighted by Crippen LogP contribution is -2.36. The van der Waals surface area contributed by atoms with Crippen molar-refractivity contribution < 1.29 is 9.21 Å². The summed E-state index contributed by atoms with van der Waals surface area (Å²) < 4.78 is 5.53. The number of amides is 1. The number of nitrogens with zero attached hydrogens (tertiary/aromatic N) is 2. The average Bonchev–Trinajstić information content (AvgIpc) is 3.36. The summed E-state index contributed by atoms with van der Waals surface area (Å²) in [5, 5.41) is 7.56. The molecule has 3 heterocycles. The molecule has 0 spiro atoms. The minimum atomic E-state index is -0.172. The Bertz CT molecular complexity index is 1230. The highest BCUT2D eigenvalue weighted by Gasteiger charge is 2.19. The zero-order valence-electron chi connectivity index (χ0n) is 18.0. The van der Waals surface area contributed by atoms with Gasteiger partial charge >= 0.3 is 0 Å². The maximum atomic E-state index is 13.4. The molecule has 6 nitrogen and oxygen atoms in total. The van der Waals surface area contributed by atoms with Crippen LogP contribution in [0.15, 0.2) is 77.4 Å². The molecule has 0 bridgehead atoms. The molecule has 2 N–H and O–H groups in total. The number of nitrogens with one attached hydrogen (secondary N) is 2. The molecule has 0 aliphatic carbocycles. The first-order valence-electron chi connectivity index (χ1n) is 11.0. The van der Waals surface area contributed by atoms with Crippen LogP contribution in [0.25, 0.3) is 22.4 Å². The summed E-state index contributed by atoms with van der Waals surface area (Å²) in [5.41, 5.74) is 3.67. The van der Waals surface area contributed by atoms with E-state index in [4.69, 9.17) is 4.42 Å². The van der Waals surface area contributed by atoms with Gasteiger partial charge in [0.15, 0.2) is 5.76 Å². The molecular formula is C26H26N4O2. The predicted octanol–water partition coefficient (Wildman–Crippen LogP) is 5.25. The third kappa shape index (κ3) is 4.22. The molecule has 0 unspecified atom stereocenters. The van der Waals surface area contributed by atoms with Gasteiger partial charge in [0.05, 0.1) is 28.7 Å². The number of anilines is 2. The quantitative estimate of drug-likeness (QED) is 0.456. The summed E-state index contributed by atoms with van der Waals surface area (Å²) >= 11 is 0. The van der Waals surface area contributed by atoms with Crippen molar-refractivity contribution in [3.05, 3.63) is 78.6 Å². The van der Waals surface area contributed by atoms with Gasteiger partial charge in [-0.2, -0.15) is 0 Å². The Morgan fingerprint density at radius 2 is 1.75 bits per heavy atom. The summed E-state index contributed by atoms with van der Waals surface area (Å²) in [6.45, 7) is 2.15. The molecule has 0 radical (unpaired) electrons. The van der Waals surface area contributed by atoms with Crippen LogP contribution in [0.5, 0.6) is 0 Å². The van der Waals surface area contributed by atoms with Crippen molar-refractivity contribution in [2.24, 2.45) is 0 Å². The normalized spacial score (nSPS) is 15.0. The van der Waals surface area contributed by atoms with E-state index >= 15 is 0 Å². The van der Waals surface area contributed by atoms with Gasteiger partial charge in [-0.1, -0.05) is 30.3 Å². The minimum absolute atomic E-state index is 0.172. The highest BCUT2D eigenvalue weighted by molar-refractivity contribution is 6.13. The van der Waals surface area contributed by atoms with Crippen LogP contribution in [0.3, 0.4) is 0 Å². The van der Waals surface area contributed by atoms with E-state index in [1.807, 2.05) is 60.7 Å². The second-order valence-corrected chi connectivity index (χ2v) is 8.27. The Hall–Kier alpha value is -3.64. The van der Waals surface area contributed by atoms with Crippen LogP contribution in [0.4, 0.5) is 11.4 Å². The first-order chi connectivity index (χ1) is 15.7. The van der Waals surface area contributed by atoms with Crippen LogP contribution in [0.2, 0.25) is 0 Å². The number of benzene rings is 2. The Morgan fingerprint density at radius 3 is 2.53 bits per heavy atom. The van der Waals surface area contributed by atoms with E-state index in [9.17, 15) is 4.79 Å². The van der Waals surface area contributed by atoms with Gasteiger partial charge < -0.3 is 20.0 Å². The largest absolute Gasteiger partial charge is 0.463 e. The third-order valence-electron chi connectivity index (χ3n) is 5.99. The van der Waals surface area contributed by atoms with Crippen LogP contribution in [-0.4, -0.2) is 42.0 Å². The van der Waals surface area contributed by atoms with E-state index < -0.39 is 0 Å². The van der Waals surface area contributed by atoms with E-state index in [1.54, 1.807) is 12.3 Å². The number of furan rings is 1. The van der Waals surface area contributed by atoms with E-state index in [-0.39, 0.29) is 5.91 Å². The zero-order valence-corrected chi connectivity index (χ0v) is 18.0. The number of piperidine rings is 1. The molecule has 5 rings (SSSR count). The lowest BCUT2D eigenvalue weighted by Gasteiger charge is -2.30. The Balaban J connectivity index is 1.45. The Kier molecular flexibility index (Phi) is 5.60. The Morgan fingerprint density at radius 1 is 1.00 bits per heavy atom. The SMILES string of the molecule is CN1CCC(Nc2ccccc2NC(=O)c2cc(-c3ccco3)nc3ccccc23)CC1. The smallest absolute Gasteiger partial charge is 0.256 e. The van der Waals surface area contributed by atoms with Gasteiger partial charge in [-0.25, -0.2) is 4.98 Å². The number of aromatic nitrogens is 1. The molecule has 6 heteroatoms. The highest BCUT2D eigenvalue weighted by Crippen LogP contribution is 2.28. The molecule has 1 fully saturated rings. The highest BCUT2D eigenvalue weighted by atomic mass is 16.3. The van der Waals surface area contributed by atoms with Crippen LogP contribution >= 0.6 is 0 Å². The lowest BCUT2D eigenvalue weighted by atomic mass is 10.0. The summed E-state index contributed by atoms with van der Waals surface area (Å²) in [6.07, 6.45) is 3.78. The molecular weight excluding hydrogens is 400 g/mol. The average molecular weight is 427 g/mol. The molecule has 1 aliphatic heterocycles. The minimum Gasteiger partial charge on any atom is -0.463 e. The van der Waals surface area contributed by atoms with Gasteiger partial charge in [-0.3, -0.25) is 4.79 Å². The number of pyridine rings is 1. The number of carbonyl (C=O) groups excluding carboxylic acids is 1. The molecule has 32 heavy (non-hydrogen) atoms. The first kappa shape index (κ1) is 20.3. The summed E-state index contributed by atoms with van der Waals surface area (Å²) in [6, 6.07) is 21.4. The van der Waals surface area contributed by atoms with Crippen LogP contribution in [0, 0.1) is 0 Å². The molecule has 1 aliphatic rings. The van der Waals surface area contributed by atoms with E-state index in [1.165, 1.54) is 0 Å². The fourth-order valence-corrected chi connectivity index (χ4v) is 4.19. The molecule has 1 saturated heterocycles. The van der Waals surface area contributed by atoms with Crippen LogP contribution < -0.4 is 10.6 Å². The van der Waals surface area contributed by atoms with Crippen molar-refractivity contribution in [3.8, 4) is 11.5 Å². The molecule has 0 saturated carbocycles. The molecule has 4 aromatic rings. The number of carbonyl (C=O) groups is 1. The molecule has 2 aromatic heterocycles. The number of rotatable bonds is 5. The van der Waals surface area contributed by atoms with E-state index in [0.29, 0.717) is 23.1 Å². The van der Waals surface area contributed by atoms with E-state index in [0.717, 1.165) is 48.2 Å². The van der Waals surface area contributed by atoms with Gasteiger partial charge in [0.2, 0.25) is 0 Å². The van der Waals surface area contributed by atoms with Crippen molar-refractivity contribution >= 4 is 28.2 Å². The fraction of sp³-hybridized carbons (Fsp3) is 0.231. The lowest BCUT2D eigenvalue weighted by molar-refractivity contribution is 0.102. The molecule has 0 atom stereocenters. The van der Waals surface area contributed by atoms with Gasteiger partial charge in [-0.05, 0) is 69.4 Å². The van der Waals surface area contributed by atoms with Gasteiger partial charge in [0.1, 0.15) is 5.69 Å². The predicted molar refractivity (Wildman–Crippen MR) is 128 cm³/mol. The number of hydrogen-bond acceptors (Lipinski definition) is 5. The second kappa shape index (κ2) is 8.85. The van der Waals surface area contributed by atoms with Crippen molar-refractivity contribution in [2.75, 3.05) is 30.8 Å². The Labute approximate surface area is 187 Å². The van der Waals surface area contributed by atoms with Gasteiger partial charge in [0, 0.05) is 11.4 Å². The summed E-state index contributed by atoms with van der Waals surface area (Å²) in [5.74, 6) is 0.461. The third-order valence-corrected chi connectivity index (χ3v) is 5.99. The van der Waals surface area contributed by atoms with Crippen LogP contribution in [-0.2, 0) is 0 Å². The topological polar surface area (TPSA) is 70.4 Å². The van der Waals surface area contributed by atoms with Gasteiger partial charge in [-0.15, -0.1) is 0 Å². The van der Waals surface area contributed by atoms with Crippen LogP contribution in [0.1, 0.15) is 23.2 Å². The molecule has 1 amide bonds. The monoisotopic (exact) mass is 426 g/mol.